The van der Waals surface area contributed by atoms with E-state index in [1.165, 1.54) is 12.1 Å². The number of hydrogen-bond donors (Lipinski definition) is 2. The van der Waals surface area contributed by atoms with Crippen molar-refractivity contribution in [1.29, 1.82) is 0 Å². The number of nitrogens with zero attached hydrogens (tertiary/aromatic N) is 1. The quantitative estimate of drug-likeness (QED) is 0.326. The van der Waals surface area contributed by atoms with E-state index < -0.39 is 0 Å². The van der Waals surface area contributed by atoms with Crippen LogP contribution in [0.5, 0.6) is 11.5 Å². The number of nitrogens with one attached hydrogen (secondary N) is 1. The maximum absolute atomic E-state index is 13.4. The van der Waals surface area contributed by atoms with E-state index in [0.717, 1.165) is 24.0 Å². The van der Waals surface area contributed by atoms with Crippen LogP contribution in [0.4, 0.5) is 4.39 Å². The fraction of sp³-hybridized carbons (Fsp3) is 0.409. The predicted molar refractivity (Wildman–Crippen MR) is 126 cm³/mol. The van der Waals surface area contributed by atoms with Crippen LogP contribution in [0.1, 0.15) is 24.0 Å². The maximum atomic E-state index is 13.4. The van der Waals surface area contributed by atoms with Crippen molar-refractivity contribution in [3.8, 4) is 11.5 Å². The van der Waals surface area contributed by atoms with E-state index in [4.69, 9.17) is 19.9 Å². The molecule has 2 aromatic rings. The molecule has 0 saturated carbocycles. The number of ether oxygens (including phenoxy) is 3. The van der Waals surface area contributed by atoms with Crippen molar-refractivity contribution in [3.63, 3.8) is 0 Å². The third-order valence-electron chi connectivity index (χ3n) is 5.39. The Kier molecular flexibility index (Phi) is 9.16. The van der Waals surface area contributed by atoms with Crippen molar-refractivity contribution in [2.75, 3.05) is 34.0 Å². The molecule has 0 spiro atoms. The molecule has 1 heterocycles. The van der Waals surface area contributed by atoms with E-state index in [1.54, 1.807) is 14.2 Å². The van der Waals surface area contributed by atoms with E-state index in [9.17, 15) is 4.39 Å². The van der Waals surface area contributed by atoms with Crippen LogP contribution in [0.15, 0.2) is 47.5 Å². The van der Waals surface area contributed by atoms with Crippen molar-refractivity contribution < 1.29 is 18.6 Å². The number of methoxy groups -OCH3 is 2. The zero-order valence-electron chi connectivity index (χ0n) is 17.3. The fourth-order valence-electron chi connectivity index (χ4n) is 3.60. The van der Waals surface area contributed by atoms with Gasteiger partial charge < -0.3 is 25.3 Å². The molecule has 8 heteroatoms. The van der Waals surface area contributed by atoms with Crippen LogP contribution in [0.25, 0.3) is 0 Å². The van der Waals surface area contributed by atoms with Gasteiger partial charge in [-0.3, -0.25) is 0 Å². The molecule has 3 rings (SSSR count). The van der Waals surface area contributed by atoms with Crippen LogP contribution in [-0.2, 0) is 16.7 Å². The lowest BCUT2D eigenvalue weighted by molar-refractivity contribution is 0.0514. The molecule has 0 amide bonds. The Hall–Kier alpha value is -2.07. The zero-order chi connectivity index (χ0) is 20.7. The summed E-state index contributed by atoms with van der Waals surface area (Å²) >= 11 is 0. The standard InChI is InChI=1S/C22H28FN3O3.HI/c1-27-19-8-3-16(13-20(19)28-2)14-25-21(24)26-15-22(9-11-29-12-10-22)17-4-6-18(23)7-5-17;/h3-8,13H,9-12,14-15H2,1-2H3,(H3,24,25,26);1H. The van der Waals surface area contributed by atoms with Crippen molar-refractivity contribution >= 4 is 29.9 Å². The smallest absolute Gasteiger partial charge is 0.188 e. The Bertz CT molecular complexity index is 840. The maximum Gasteiger partial charge on any atom is 0.188 e. The largest absolute Gasteiger partial charge is 0.493 e. The number of halogens is 2. The lowest BCUT2D eigenvalue weighted by Crippen LogP contribution is -2.46. The molecule has 0 bridgehead atoms. The molecule has 0 aliphatic carbocycles. The van der Waals surface area contributed by atoms with Gasteiger partial charge in [0.25, 0.3) is 0 Å². The Labute approximate surface area is 194 Å². The molecule has 0 radical (unpaired) electrons. The summed E-state index contributed by atoms with van der Waals surface area (Å²) in [5.74, 6) is 1.46. The Morgan fingerprint density at radius 3 is 2.40 bits per heavy atom. The molecule has 0 unspecified atom stereocenters. The second kappa shape index (κ2) is 11.4. The zero-order valence-corrected chi connectivity index (χ0v) is 19.6. The average molecular weight is 529 g/mol. The molecule has 1 saturated heterocycles. The highest BCUT2D eigenvalue weighted by Gasteiger charge is 2.34. The lowest BCUT2D eigenvalue weighted by atomic mass is 9.74. The van der Waals surface area contributed by atoms with Crippen LogP contribution in [0.2, 0.25) is 0 Å². The minimum absolute atomic E-state index is 0. The van der Waals surface area contributed by atoms with Gasteiger partial charge in [-0.05, 0) is 48.2 Å². The number of nitrogens with two attached hydrogens (primary N) is 1. The normalized spacial score (nSPS) is 15.8. The lowest BCUT2D eigenvalue weighted by Gasteiger charge is -2.38. The molecule has 3 N–H and O–H groups in total. The first-order valence-electron chi connectivity index (χ1n) is 9.65. The summed E-state index contributed by atoms with van der Waals surface area (Å²) in [5.41, 5.74) is 8.01. The second-order valence-electron chi connectivity index (χ2n) is 7.14. The molecular formula is C22H29FIN3O3. The molecule has 0 aromatic heterocycles. The predicted octanol–water partition coefficient (Wildman–Crippen LogP) is 3.61. The summed E-state index contributed by atoms with van der Waals surface area (Å²) in [6.07, 6.45) is 1.68. The summed E-state index contributed by atoms with van der Waals surface area (Å²) in [7, 11) is 3.20. The van der Waals surface area contributed by atoms with Gasteiger partial charge in [-0.2, -0.15) is 0 Å². The van der Waals surface area contributed by atoms with E-state index in [2.05, 4.69) is 10.3 Å². The average Bonchev–Trinajstić information content (AvgIpc) is 2.77. The monoisotopic (exact) mass is 529 g/mol. The number of aliphatic imine (C=N–C) groups is 1. The van der Waals surface area contributed by atoms with E-state index in [1.807, 2.05) is 30.3 Å². The molecular weight excluding hydrogens is 500 g/mol. The number of rotatable bonds is 7. The highest BCUT2D eigenvalue weighted by atomic mass is 127. The molecule has 2 aromatic carbocycles. The first-order valence-corrected chi connectivity index (χ1v) is 9.65. The van der Waals surface area contributed by atoms with Gasteiger partial charge >= 0.3 is 0 Å². The highest BCUT2D eigenvalue weighted by molar-refractivity contribution is 14.0. The molecule has 1 aliphatic rings. The van der Waals surface area contributed by atoms with Gasteiger partial charge in [0.05, 0.1) is 20.8 Å². The van der Waals surface area contributed by atoms with E-state index in [-0.39, 0.29) is 35.2 Å². The molecule has 1 fully saturated rings. The number of guanidine groups is 1. The van der Waals surface area contributed by atoms with Crippen LogP contribution < -0.4 is 20.5 Å². The topological polar surface area (TPSA) is 78.1 Å². The third kappa shape index (κ3) is 5.98. The van der Waals surface area contributed by atoms with Crippen LogP contribution in [0, 0.1) is 5.82 Å². The number of hydrogen-bond acceptors (Lipinski definition) is 4. The van der Waals surface area contributed by atoms with Gasteiger partial charge in [-0.25, -0.2) is 9.38 Å². The summed E-state index contributed by atoms with van der Waals surface area (Å²) < 4.78 is 29.5. The number of benzene rings is 2. The molecule has 6 nitrogen and oxygen atoms in total. The van der Waals surface area contributed by atoms with Crippen molar-refractivity contribution in [1.82, 2.24) is 5.32 Å². The van der Waals surface area contributed by atoms with Gasteiger partial charge in [0.15, 0.2) is 17.5 Å². The summed E-state index contributed by atoms with van der Waals surface area (Å²) in [6.45, 7) is 2.37. The summed E-state index contributed by atoms with van der Waals surface area (Å²) in [4.78, 5) is 4.44. The van der Waals surface area contributed by atoms with Gasteiger partial charge in [0, 0.05) is 25.2 Å². The van der Waals surface area contributed by atoms with Crippen molar-refractivity contribution in [3.05, 3.63) is 59.4 Å². The van der Waals surface area contributed by atoms with E-state index in [0.29, 0.717) is 43.8 Å². The Morgan fingerprint density at radius 1 is 1.10 bits per heavy atom. The molecule has 0 atom stereocenters. The van der Waals surface area contributed by atoms with Gasteiger partial charge in [0.2, 0.25) is 0 Å². The van der Waals surface area contributed by atoms with E-state index >= 15 is 0 Å². The Balaban J connectivity index is 0.00000320. The van der Waals surface area contributed by atoms with Crippen LogP contribution in [-0.4, -0.2) is 39.9 Å². The van der Waals surface area contributed by atoms with Crippen LogP contribution >= 0.6 is 24.0 Å². The van der Waals surface area contributed by atoms with Crippen molar-refractivity contribution in [2.45, 2.75) is 24.8 Å². The minimum Gasteiger partial charge on any atom is -0.493 e. The van der Waals surface area contributed by atoms with Gasteiger partial charge in [-0.1, -0.05) is 18.2 Å². The molecule has 1 aliphatic heterocycles. The van der Waals surface area contributed by atoms with Gasteiger partial charge in [-0.15, -0.1) is 24.0 Å². The van der Waals surface area contributed by atoms with Crippen LogP contribution in [0.3, 0.4) is 0 Å². The first kappa shape index (κ1) is 24.2. The summed E-state index contributed by atoms with van der Waals surface area (Å²) in [5, 5.41) is 3.25. The fourth-order valence-corrected chi connectivity index (χ4v) is 3.60. The highest BCUT2D eigenvalue weighted by Crippen LogP contribution is 2.34. The summed E-state index contributed by atoms with van der Waals surface area (Å²) in [6, 6.07) is 12.4. The molecule has 164 valence electrons. The van der Waals surface area contributed by atoms with Gasteiger partial charge in [0.1, 0.15) is 5.82 Å². The first-order chi connectivity index (χ1) is 14.1. The molecule has 30 heavy (non-hydrogen) atoms. The minimum atomic E-state index is -0.236. The third-order valence-corrected chi connectivity index (χ3v) is 5.39. The Morgan fingerprint density at radius 2 is 1.77 bits per heavy atom. The second-order valence-corrected chi connectivity index (χ2v) is 7.14. The SMILES string of the molecule is COc1ccc(CN=C(N)NCC2(c3ccc(F)cc3)CCOCC2)cc1OC.I. The van der Waals surface area contributed by atoms with Crippen molar-refractivity contribution in [2.24, 2.45) is 10.7 Å².